The van der Waals surface area contributed by atoms with Gasteiger partial charge in [0.05, 0.1) is 32.8 Å². The fraction of sp³-hybridized carbons (Fsp3) is 0.538. The van der Waals surface area contributed by atoms with Gasteiger partial charge in [-0.05, 0) is 18.2 Å². The summed E-state index contributed by atoms with van der Waals surface area (Å²) in [5, 5.41) is 0.674. The zero-order chi connectivity index (χ0) is 13.6. The average molecular weight is 298 g/mol. The first-order chi connectivity index (χ1) is 9.71. The maximum absolute atomic E-state index is 6.07. The summed E-state index contributed by atoms with van der Waals surface area (Å²) in [7, 11) is 0. The molecule has 7 heteroatoms. The number of ether oxygens (including phenoxy) is 1. The third-order valence-electron chi connectivity index (χ3n) is 4.56. The summed E-state index contributed by atoms with van der Waals surface area (Å²) in [6, 6.07) is 7.41. The summed E-state index contributed by atoms with van der Waals surface area (Å²) in [4.78, 5) is 0. The molecule has 0 N–H and O–H groups in total. The Hall–Kier alpha value is -0.785. The highest BCUT2D eigenvalue weighted by Crippen LogP contribution is 2.41. The molecule has 1 aromatic rings. The minimum Gasteiger partial charge on any atom is -0.491 e. The van der Waals surface area contributed by atoms with Crippen LogP contribution in [0.3, 0.4) is 0 Å². The van der Waals surface area contributed by atoms with Gasteiger partial charge in [0.1, 0.15) is 18.5 Å². The van der Waals surface area contributed by atoms with Gasteiger partial charge in [-0.25, -0.2) is 0 Å². The Bertz CT molecular complexity index is 499. The first kappa shape index (κ1) is 12.9. The Kier molecular flexibility index (Phi) is 2.98. The van der Waals surface area contributed by atoms with Crippen molar-refractivity contribution in [2.75, 3.05) is 39.5 Å². The van der Waals surface area contributed by atoms with Crippen LogP contribution in [0.25, 0.3) is 0 Å². The molecule has 3 aliphatic heterocycles. The van der Waals surface area contributed by atoms with Crippen LogP contribution < -0.4 is 4.74 Å². The lowest BCUT2D eigenvalue weighted by molar-refractivity contribution is -0.816. The third kappa shape index (κ3) is 1.87. The van der Waals surface area contributed by atoms with Crippen LogP contribution in [0.2, 0.25) is 5.02 Å². The van der Waals surface area contributed by atoms with E-state index in [0.717, 1.165) is 43.0 Å². The molecule has 4 rings (SSSR count). The van der Waals surface area contributed by atoms with Gasteiger partial charge in [0.15, 0.2) is 0 Å². The van der Waals surface area contributed by atoms with Gasteiger partial charge in [-0.1, -0.05) is 17.7 Å². The summed E-state index contributed by atoms with van der Waals surface area (Å²) >= 11 is 5.94. The van der Waals surface area contributed by atoms with Crippen LogP contribution in [0, 0.1) is 0 Å². The maximum Gasteiger partial charge on any atom is 0.625 e. The first-order valence-corrected chi connectivity index (χ1v) is 7.42. The van der Waals surface area contributed by atoms with Gasteiger partial charge in [-0.15, -0.1) is 0 Å². The molecule has 108 valence electrons. The van der Waals surface area contributed by atoms with Gasteiger partial charge in [-0.3, -0.25) is 0 Å². The normalized spacial score (nSPS) is 38.8. The molecular weight excluding hydrogens is 280 g/mol. The molecule has 3 aliphatic rings. The SMILES string of the molecule is Clc1cccc(OC[C@@H]2C[N+]34CCO[B-]3(OCC4)O2)c1. The zero-order valence-corrected chi connectivity index (χ0v) is 11.9. The second-order valence-corrected chi connectivity index (χ2v) is 6.16. The molecule has 1 atom stereocenters. The van der Waals surface area contributed by atoms with Crippen molar-refractivity contribution in [3.05, 3.63) is 29.3 Å². The van der Waals surface area contributed by atoms with Crippen molar-refractivity contribution >= 4 is 18.5 Å². The Morgan fingerprint density at radius 2 is 2.10 bits per heavy atom. The molecule has 20 heavy (non-hydrogen) atoms. The molecule has 3 heterocycles. The van der Waals surface area contributed by atoms with E-state index in [-0.39, 0.29) is 6.10 Å². The molecular formula is C13H17BClNO4. The third-order valence-corrected chi connectivity index (χ3v) is 4.80. The Labute approximate surface area is 122 Å². The predicted molar refractivity (Wildman–Crippen MR) is 74.3 cm³/mol. The standard InChI is InChI=1S/C13H17BClNO4/c15-11-2-1-3-12(8-11)17-10-13-9-16-4-6-18-14(16,20-13)19-7-5-16/h1-3,8,13H,4-7,9-10H2/t13-,14?,16?/m0/s1. The summed E-state index contributed by atoms with van der Waals surface area (Å²) in [5.41, 5.74) is 0. The van der Waals surface area contributed by atoms with Crippen molar-refractivity contribution in [3.63, 3.8) is 0 Å². The van der Waals surface area contributed by atoms with Gasteiger partial charge < -0.3 is 23.1 Å². The van der Waals surface area contributed by atoms with Crippen molar-refractivity contribution < 1.29 is 23.1 Å². The van der Waals surface area contributed by atoms with Gasteiger partial charge in [0.2, 0.25) is 0 Å². The Morgan fingerprint density at radius 3 is 2.80 bits per heavy atom. The van der Waals surface area contributed by atoms with Crippen LogP contribution in [0.15, 0.2) is 24.3 Å². The fourth-order valence-electron chi connectivity index (χ4n) is 3.61. The molecule has 1 aromatic carbocycles. The fourth-order valence-corrected chi connectivity index (χ4v) is 3.79. The highest BCUT2D eigenvalue weighted by atomic mass is 35.5. The number of benzene rings is 1. The zero-order valence-electron chi connectivity index (χ0n) is 11.2. The van der Waals surface area contributed by atoms with Crippen molar-refractivity contribution in [2.45, 2.75) is 6.10 Å². The number of quaternary nitrogens is 1. The maximum atomic E-state index is 6.07. The number of nitrogens with zero attached hydrogens (tertiary/aromatic N) is 1. The van der Waals surface area contributed by atoms with E-state index in [4.69, 9.17) is 30.3 Å². The largest absolute Gasteiger partial charge is 0.625 e. The van der Waals surface area contributed by atoms with E-state index < -0.39 is 6.89 Å². The Balaban J connectivity index is 1.43. The van der Waals surface area contributed by atoms with E-state index in [2.05, 4.69) is 0 Å². The van der Waals surface area contributed by atoms with Crippen LogP contribution in [-0.4, -0.2) is 56.8 Å². The molecule has 0 amide bonds. The monoisotopic (exact) mass is 297 g/mol. The molecule has 3 saturated heterocycles. The van der Waals surface area contributed by atoms with Gasteiger partial charge in [0.25, 0.3) is 0 Å². The van der Waals surface area contributed by atoms with Gasteiger partial charge >= 0.3 is 6.89 Å². The lowest BCUT2D eigenvalue weighted by Gasteiger charge is -2.37. The Morgan fingerprint density at radius 1 is 1.30 bits per heavy atom. The molecule has 0 bridgehead atoms. The summed E-state index contributed by atoms with van der Waals surface area (Å²) < 4.78 is 24.3. The van der Waals surface area contributed by atoms with E-state index in [1.54, 1.807) is 0 Å². The van der Waals surface area contributed by atoms with Gasteiger partial charge in [-0.2, -0.15) is 0 Å². The predicted octanol–water partition coefficient (Wildman–Crippen LogP) is 1.43. The topological polar surface area (TPSA) is 36.9 Å². The summed E-state index contributed by atoms with van der Waals surface area (Å²) in [5.74, 6) is 0.764. The molecule has 0 spiro atoms. The lowest BCUT2D eigenvalue weighted by Crippen LogP contribution is -2.59. The molecule has 0 aromatic heterocycles. The van der Waals surface area contributed by atoms with Crippen molar-refractivity contribution in [1.82, 2.24) is 0 Å². The van der Waals surface area contributed by atoms with Crippen LogP contribution in [0.4, 0.5) is 0 Å². The smallest absolute Gasteiger partial charge is 0.491 e. The lowest BCUT2D eigenvalue weighted by atomic mass is 9.94. The van der Waals surface area contributed by atoms with E-state index in [1.807, 2.05) is 24.3 Å². The number of hydrogen-bond acceptors (Lipinski definition) is 4. The molecule has 0 aliphatic carbocycles. The highest BCUT2D eigenvalue weighted by molar-refractivity contribution is 6.54. The highest BCUT2D eigenvalue weighted by Gasteiger charge is 2.66. The van der Waals surface area contributed by atoms with Crippen LogP contribution in [0.1, 0.15) is 0 Å². The van der Waals surface area contributed by atoms with E-state index >= 15 is 0 Å². The summed E-state index contributed by atoms with van der Waals surface area (Å²) in [6.45, 7) is 3.23. The molecule has 0 radical (unpaired) electrons. The van der Waals surface area contributed by atoms with Crippen molar-refractivity contribution in [3.8, 4) is 5.75 Å². The number of halogens is 1. The number of hydrogen-bond donors (Lipinski definition) is 0. The van der Waals surface area contributed by atoms with E-state index in [9.17, 15) is 0 Å². The van der Waals surface area contributed by atoms with E-state index in [0.29, 0.717) is 11.6 Å². The van der Waals surface area contributed by atoms with Crippen LogP contribution in [0.5, 0.6) is 5.75 Å². The van der Waals surface area contributed by atoms with E-state index in [1.165, 1.54) is 0 Å². The van der Waals surface area contributed by atoms with Crippen LogP contribution in [-0.2, 0) is 14.0 Å². The first-order valence-electron chi connectivity index (χ1n) is 7.05. The second-order valence-electron chi connectivity index (χ2n) is 5.72. The molecule has 0 saturated carbocycles. The molecule has 5 nitrogen and oxygen atoms in total. The second kappa shape index (κ2) is 4.61. The quantitative estimate of drug-likeness (QED) is 0.791. The van der Waals surface area contributed by atoms with Crippen LogP contribution >= 0.6 is 11.6 Å². The summed E-state index contributed by atoms with van der Waals surface area (Å²) in [6.07, 6.45) is 0.00887. The average Bonchev–Trinajstić information content (AvgIpc) is 2.97. The van der Waals surface area contributed by atoms with Gasteiger partial charge in [0, 0.05) is 5.02 Å². The number of rotatable bonds is 3. The van der Waals surface area contributed by atoms with Crippen molar-refractivity contribution in [1.29, 1.82) is 0 Å². The minimum atomic E-state index is -1.58. The molecule has 3 fully saturated rings. The molecule has 0 unspecified atom stereocenters. The van der Waals surface area contributed by atoms with Crippen molar-refractivity contribution in [2.24, 2.45) is 0 Å². The minimum absolute atomic E-state index is 0.00887.